The number of carbonyl (C=O) groups excluding carboxylic acids is 1. The molecule has 7 heteroatoms. The van der Waals surface area contributed by atoms with Gasteiger partial charge >= 0.3 is 0 Å². The highest BCUT2D eigenvalue weighted by molar-refractivity contribution is 7.09. The lowest BCUT2D eigenvalue weighted by molar-refractivity contribution is 0.102. The van der Waals surface area contributed by atoms with Crippen molar-refractivity contribution in [3.8, 4) is 11.1 Å². The summed E-state index contributed by atoms with van der Waals surface area (Å²) in [5.74, 6) is -0.223. The van der Waals surface area contributed by atoms with E-state index in [2.05, 4.69) is 49.7 Å². The first-order chi connectivity index (χ1) is 13.6. The molecule has 0 aliphatic heterocycles. The van der Waals surface area contributed by atoms with Crippen LogP contribution in [0.4, 0.5) is 5.69 Å². The molecule has 0 unspecified atom stereocenters. The van der Waals surface area contributed by atoms with E-state index in [-0.39, 0.29) is 5.91 Å². The molecule has 5 aromatic rings. The van der Waals surface area contributed by atoms with Crippen molar-refractivity contribution in [2.45, 2.75) is 13.8 Å². The molecule has 0 atom stereocenters. The van der Waals surface area contributed by atoms with Crippen LogP contribution in [0.1, 0.15) is 21.2 Å². The molecular formula is C21H17N5OS. The van der Waals surface area contributed by atoms with Crippen molar-refractivity contribution in [1.29, 1.82) is 0 Å². The van der Waals surface area contributed by atoms with Gasteiger partial charge in [0.1, 0.15) is 5.69 Å². The third kappa shape index (κ3) is 2.76. The molecule has 0 radical (unpaired) electrons. The van der Waals surface area contributed by atoms with Crippen LogP contribution in [0, 0.1) is 13.8 Å². The minimum absolute atomic E-state index is 0.223. The number of nitrogens with one attached hydrogen (secondary N) is 3. The predicted octanol–water partition coefficient (Wildman–Crippen LogP) is 5.04. The molecule has 2 aromatic carbocycles. The van der Waals surface area contributed by atoms with Crippen molar-refractivity contribution in [3.05, 3.63) is 64.4 Å². The Morgan fingerprint density at radius 2 is 2.00 bits per heavy atom. The molecule has 0 fully saturated rings. The number of thiazole rings is 1. The summed E-state index contributed by atoms with van der Waals surface area (Å²) in [6.45, 7) is 3.93. The molecule has 0 saturated carbocycles. The molecule has 0 bridgehead atoms. The molecule has 6 nitrogen and oxygen atoms in total. The van der Waals surface area contributed by atoms with Crippen LogP contribution in [0.5, 0.6) is 0 Å². The summed E-state index contributed by atoms with van der Waals surface area (Å²) in [5, 5.41) is 14.8. The van der Waals surface area contributed by atoms with E-state index in [0.717, 1.165) is 43.6 Å². The average molecular weight is 387 g/mol. The molecule has 0 aliphatic carbocycles. The van der Waals surface area contributed by atoms with Crippen LogP contribution in [0.25, 0.3) is 32.9 Å². The minimum atomic E-state index is -0.223. The summed E-state index contributed by atoms with van der Waals surface area (Å²) in [6.07, 6.45) is 1.72. The Morgan fingerprint density at radius 3 is 2.82 bits per heavy atom. The van der Waals surface area contributed by atoms with E-state index in [9.17, 15) is 4.79 Å². The fraction of sp³-hybridized carbons (Fsp3) is 0.0952. The standard InChI is InChI=1S/C21H17N5OS/c1-11-6-15-14(4-3-5-17(15)23-11)13-7-18(16-9-22-26-19(16)8-13)25-21(27)20-10-28-12(2)24-20/h3-10,23H,1-2H3,(H,22,26)(H,25,27). The smallest absolute Gasteiger partial charge is 0.275 e. The van der Waals surface area contributed by atoms with Gasteiger partial charge < -0.3 is 10.3 Å². The number of amides is 1. The number of aromatic nitrogens is 4. The fourth-order valence-corrected chi connectivity index (χ4v) is 4.10. The topological polar surface area (TPSA) is 86.5 Å². The first kappa shape index (κ1) is 16.7. The van der Waals surface area contributed by atoms with E-state index in [1.54, 1.807) is 11.6 Å². The second-order valence-corrected chi connectivity index (χ2v) is 7.84. The summed E-state index contributed by atoms with van der Waals surface area (Å²) in [5.41, 5.74) is 6.30. The van der Waals surface area contributed by atoms with Gasteiger partial charge in [-0.05, 0) is 49.2 Å². The molecule has 0 aliphatic rings. The van der Waals surface area contributed by atoms with E-state index >= 15 is 0 Å². The number of aryl methyl sites for hydroxylation is 2. The summed E-state index contributed by atoms with van der Waals surface area (Å²) >= 11 is 1.46. The molecule has 3 heterocycles. The third-order valence-electron chi connectivity index (χ3n) is 4.77. The number of benzene rings is 2. The SMILES string of the molecule is Cc1cc2c(-c3cc(NC(=O)c4csc(C)n4)c4cn[nH]c4c3)cccc2[nH]1. The van der Waals surface area contributed by atoms with Crippen LogP contribution >= 0.6 is 11.3 Å². The maximum atomic E-state index is 12.7. The fourth-order valence-electron chi connectivity index (χ4n) is 3.51. The number of H-pyrrole nitrogens is 2. The summed E-state index contributed by atoms with van der Waals surface area (Å²) in [6, 6.07) is 12.4. The third-order valence-corrected chi connectivity index (χ3v) is 5.54. The van der Waals surface area contributed by atoms with Gasteiger partial charge in [-0.15, -0.1) is 11.3 Å². The number of hydrogen-bond donors (Lipinski definition) is 3. The molecular weight excluding hydrogens is 370 g/mol. The Hall–Kier alpha value is -3.45. The van der Waals surface area contributed by atoms with Crippen LogP contribution in [-0.4, -0.2) is 26.1 Å². The summed E-state index contributed by atoms with van der Waals surface area (Å²) in [4.78, 5) is 20.3. The van der Waals surface area contributed by atoms with Crippen molar-refractivity contribution < 1.29 is 4.79 Å². The van der Waals surface area contributed by atoms with Crippen molar-refractivity contribution in [3.63, 3.8) is 0 Å². The molecule has 5 rings (SSSR count). The first-order valence-electron chi connectivity index (χ1n) is 8.88. The number of hydrogen-bond acceptors (Lipinski definition) is 4. The zero-order valence-corrected chi connectivity index (χ0v) is 16.1. The molecule has 0 saturated heterocycles. The summed E-state index contributed by atoms with van der Waals surface area (Å²) < 4.78 is 0. The molecule has 138 valence electrons. The van der Waals surface area contributed by atoms with E-state index in [1.165, 1.54) is 11.3 Å². The molecule has 3 N–H and O–H groups in total. The van der Waals surface area contributed by atoms with Gasteiger partial charge in [0.2, 0.25) is 0 Å². The Morgan fingerprint density at radius 1 is 1.11 bits per heavy atom. The van der Waals surface area contributed by atoms with E-state index in [0.29, 0.717) is 11.4 Å². The van der Waals surface area contributed by atoms with Crippen LogP contribution < -0.4 is 5.32 Å². The summed E-state index contributed by atoms with van der Waals surface area (Å²) in [7, 11) is 0. The number of rotatable bonds is 3. The highest BCUT2D eigenvalue weighted by Crippen LogP contribution is 2.34. The van der Waals surface area contributed by atoms with Gasteiger partial charge in [-0.3, -0.25) is 9.89 Å². The van der Waals surface area contributed by atoms with Crippen LogP contribution in [0.2, 0.25) is 0 Å². The van der Waals surface area contributed by atoms with E-state index in [4.69, 9.17) is 0 Å². The lowest BCUT2D eigenvalue weighted by Gasteiger charge is -2.10. The van der Waals surface area contributed by atoms with Crippen LogP contribution in [0.15, 0.2) is 48.0 Å². The largest absolute Gasteiger partial charge is 0.359 e. The number of nitrogens with zero attached hydrogens (tertiary/aromatic N) is 2. The maximum Gasteiger partial charge on any atom is 0.275 e. The van der Waals surface area contributed by atoms with Crippen molar-refractivity contribution in [2.75, 3.05) is 5.32 Å². The van der Waals surface area contributed by atoms with Crippen LogP contribution in [-0.2, 0) is 0 Å². The van der Waals surface area contributed by atoms with Gasteiger partial charge in [-0.2, -0.15) is 5.10 Å². The highest BCUT2D eigenvalue weighted by atomic mass is 32.1. The van der Waals surface area contributed by atoms with Gasteiger partial charge in [-0.1, -0.05) is 12.1 Å². The number of anilines is 1. The number of aromatic amines is 2. The Balaban J connectivity index is 1.64. The van der Waals surface area contributed by atoms with Gasteiger partial charge in [0, 0.05) is 27.4 Å². The first-order valence-corrected chi connectivity index (χ1v) is 9.76. The monoisotopic (exact) mass is 387 g/mol. The van der Waals surface area contributed by atoms with Gasteiger partial charge in [-0.25, -0.2) is 4.98 Å². The maximum absolute atomic E-state index is 12.7. The minimum Gasteiger partial charge on any atom is -0.359 e. The molecule has 3 aromatic heterocycles. The van der Waals surface area contributed by atoms with Crippen molar-refractivity contribution in [1.82, 2.24) is 20.2 Å². The lowest BCUT2D eigenvalue weighted by atomic mass is 9.99. The second-order valence-electron chi connectivity index (χ2n) is 6.78. The predicted molar refractivity (Wildman–Crippen MR) is 113 cm³/mol. The quantitative estimate of drug-likeness (QED) is 0.405. The normalized spacial score (nSPS) is 11.4. The molecule has 28 heavy (non-hydrogen) atoms. The van der Waals surface area contributed by atoms with Gasteiger partial charge in [0.05, 0.1) is 22.4 Å². The van der Waals surface area contributed by atoms with Gasteiger partial charge in [0.15, 0.2) is 0 Å². The number of carbonyl (C=O) groups is 1. The van der Waals surface area contributed by atoms with Crippen LogP contribution in [0.3, 0.4) is 0 Å². The zero-order chi connectivity index (χ0) is 19.3. The Bertz CT molecular complexity index is 1340. The number of fused-ring (bicyclic) bond motifs is 2. The Labute approximate surface area is 164 Å². The molecule has 1 amide bonds. The zero-order valence-electron chi connectivity index (χ0n) is 15.3. The highest BCUT2D eigenvalue weighted by Gasteiger charge is 2.15. The average Bonchev–Trinajstić information content (AvgIpc) is 3.39. The van der Waals surface area contributed by atoms with Crippen molar-refractivity contribution in [2.24, 2.45) is 0 Å². The second kappa shape index (κ2) is 6.31. The van der Waals surface area contributed by atoms with E-state index in [1.807, 2.05) is 26.0 Å². The molecule has 0 spiro atoms. The van der Waals surface area contributed by atoms with E-state index < -0.39 is 0 Å². The Kier molecular flexibility index (Phi) is 3.77. The van der Waals surface area contributed by atoms with Crippen molar-refractivity contribution >= 4 is 44.7 Å². The van der Waals surface area contributed by atoms with Gasteiger partial charge in [0.25, 0.3) is 5.91 Å². The lowest BCUT2D eigenvalue weighted by Crippen LogP contribution is -2.12.